The highest BCUT2D eigenvalue weighted by atomic mass is 32.2. The van der Waals surface area contributed by atoms with Gasteiger partial charge < -0.3 is 4.18 Å². The number of hydrogen-bond donors (Lipinski definition) is 0. The average molecular weight is 270 g/mol. The highest BCUT2D eigenvalue weighted by molar-refractivity contribution is 7.94. The monoisotopic (exact) mass is 270 g/mol. The van der Waals surface area contributed by atoms with Crippen LogP contribution in [0.3, 0.4) is 0 Å². The van der Waals surface area contributed by atoms with Crippen LogP contribution in [0.1, 0.15) is 31.8 Å². The summed E-state index contributed by atoms with van der Waals surface area (Å²) in [5, 5.41) is 0. The van der Waals surface area contributed by atoms with Gasteiger partial charge in [0.05, 0.1) is 7.11 Å². The summed E-state index contributed by atoms with van der Waals surface area (Å²) in [5.74, 6) is -0.228. The highest BCUT2D eigenvalue weighted by Gasteiger charge is 2.31. The maximum absolute atomic E-state index is 12.5. The molecule has 0 radical (unpaired) electrons. The van der Waals surface area contributed by atoms with Crippen LogP contribution < -0.4 is 0 Å². The second-order valence-electron chi connectivity index (χ2n) is 4.13. The Morgan fingerprint density at radius 3 is 2.16 bits per heavy atom. The Kier molecular flexibility index (Phi) is 2.97. The van der Waals surface area contributed by atoms with Crippen LogP contribution >= 0.6 is 12.0 Å². The summed E-state index contributed by atoms with van der Waals surface area (Å²) in [6, 6.07) is 12.1. The van der Waals surface area contributed by atoms with Crippen LogP contribution in [0.2, 0.25) is 0 Å². The van der Waals surface area contributed by atoms with Gasteiger partial charge in [-0.25, -0.2) is 0 Å². The summed E-state index contributed by atoms with van der Waals surface area (Å²) in [4.78, 5) is 25.6. The van der Waals surface area contributed by atoms with Gasteiger partial charge in [-0.3, -0.25) is 9.59 Å². The fraction of sp³-hybridized carbons (Fsp3) is 0.0667. The number of ketones is 2. The topological polar surface area (TPSA) is 43.4 Å². The molecule has 19 heavy (non-hydrogen) atoms. The van der Waals surface area contributed by atoms with Gasteiger partial charge in [-0.15, -0.1) is 0 Å². The van der Waals surface area contributed by atoms with Crippen molar-refractivity contribution >= 4 is 23.6 Å². The van der Waals surface area contributed by atoms with Gasteiger partial charge in [0.15, 0.2) is 11.6 Å². The van der Waals surface area contributed by atoms with Crippen molar-refractivity contribution in [3.63, 3.8) is 0 Å². The van der Waals surface area contributed by atoms with E-state index in [0.29, 0.717) is 27.1 Å². The van der Waals surface area contributed by atoms with E-state index < -0.39 is 0 Å². The molecule has 1 aliphatic carbocycles. The molecule has 94 valence electrons. The van der Waals surface area contributed by atoms with Gasteiger partial charge in [-0.05, 0) is 6.07 Å². The molecule has 0 spiro atoms. The van der Waals surface area contributed by atoms with Crippen LogP contribution in [-0.2, 0) is 4.18 Å². The summed E-state index contributed by atoms with van der Waals surface area (Å²) in [6.07, 6.45) is 0. The van der Waals surface area contributed by atoms with Crippen molar-refractivity contribution in [2.45, 2.75) is 4.90 Å². The quantitative estimate of drug-likeness (QED) is 0.671. The van der Waals surface area contributed by atoms with E-state index in [4.69, 9.17) is 4.18 Å². The Bertz CT molecular complexity index is 692. The first kappa shape index (κ1) is 12.1. The van der Waals surface area contributed by atoms with Crippen LogP contribution in [0.25, 0.3) is 0 Å². The Balaban J connectivity index is 2.27. The van der Waals surface area contributed by atoms with Crippen molar-refractivity contribution in [2.75, 3.05) is 7.11 Å². The van der Waals surface area contributed by atoms with Crippen LogP contribution in [0, 0.1) is 0 Å². The van der Waals surface area contributed by atoms with Crippen LogP contribution in [0.15, 0.2) is 47.4 Å². The Hall–Kier alpha value is -1.91. The molecule has 0 atom stereocenters. The predicted octanol–water partition coefficient (Wildman–Crippen LogP) is 3.12. The molecule has 1 aliphatic rings. The minimum Gasteiger partial charge on any atom is -0.314 e. The summed E-state index contributed by atoms with van der Waals surface area (Å²) in [5.41, 5.74) is 1.83. The Labute approximate surface area is 114 Å². The molecule has 3 rings (SSSR count). The van der Waals surface area contributed by atoms with E-state index in [1.54, 1.807) is 42.5 Å². The van der Waals surface area contributed by atoms with E-state index in [-0.39, 0.29) is 11.6 Å². The van der Waals surface area contributed by atoms with E-state index in [9.17, 15) is 9.59 Å². The molecule has 0 aromatic heterocycles. The highest BCUT2D eigenvalue weighted by Crippen LogP contribution is 2.33. The standard InChI is InChI=1S/C15H10O3S/c1-18-19-12-8-4-7-11-13(12)15(17)10-6-3-2-5-9(10)14(11)16/h2-8H,1H3. The number of carbonyl (C=O) groups excluding carboxylic acids is 2. The van der Waals surface area contributed by atoms with Gasteiger partial charge in [0.2, 0.25) is 0 Å². The third-order valence-corrected chi connectivity index (χ3v) is 3.77. The normalized spacial score (nSPS) is 13.1. The lowest BCUT2D eigenvalue weighted by atomic mass is 9.84. The van der Waals surface area contributed by atoms with E-state index in [0.717, 1.165) is 12.0 Å². The number of fused-ring (bicyclic) bond motifs is 2. The molecular weight excluding hydrogens is 260 g/mol. The number of carbonyl (C=O) groups is 2. The first-order valence-corrected chi connectivity index (χ1v) is 6.50. The van der Waals surface area contributed by atoms with Gasteiger partial charge in [0.1, 0.15) is 0 Å². The number of rotatable bonds is 2. The molecule has 0 amide bonds. The molecule has 3 nitrogen and oxygen atoms in total. The molecule has 0 unspecified atom stereocenters. The minimum atomic E-state index is -0.120. The zero-order chi connectivity index (χ0) is 13.4. The largest absolute Gasteiger partial charge is 0.314 e. The second kappa shape index (κ2) is 4.64. The average Bonchev–Trinajstić information content (AvgIpc) is 2.45. The van der Waals surface area contributed by atoms with Crippen LogP contribution in [0.4, 0.5) is 0 Å². The fourth-order valence-electron chi connectivity index (χ4n) is 2.27. The number of benzene rings is 2. The molecule has 0 heterocycles. The lowest BCUT2D eigenvalue weighted by Crippen LogP contribution is -2.21. The van der Waals surface area contributed by atoms with Gasteiger partial charge >= 0.3 is 0 Å². The lowest BCUT2D eigenvalue weighted by molar-refractivity contribution is 0.0977. The maximum Gasteiger partial charge on any atom is 0.195 e. The summed E-state index contributed by atoms with van der Waals surface area (Å²) in [7, 11) is 1.53. The molecule has 2 aromatic carbocycles. The van der Waals surface area contributed by atoms with Crippen LogP contribution in [-0.4, -0.2) is 18.7 Å². The molecule has 4 heteroatoms. The third-order valence-electron chi connectivity index (χ3n) is 3.09. The predicted molar refractivity (Wildman–Crippen MR) is 72.6 cm³/mol. The van der Waals surface area contributed by atoms with Crippen molar-refractivity contribution in [2.24, 2.45) is 0 Å². The number of hydrogen-bond acceptors (Lipinski definition) is 4. The molecule has 2 aromatic rings. The summed E-state index contributed by atoms with van der Waals surface area (Å²) < 4.78 is 5.02. The van der Waals surface area contributed by atoms with E-state index in [1.807, 2.05) is 0 Å². The second-order valence-corrected chi connectivity index (χ2v) is 5.07. The van der Waals surface area contributed by atoms with Gasteiger partial charge in [0.25, 0.3) is 0 Å². The molecule has 0 N–H and O–H groups in total. The van der Waals surface area contributed by atoms with Crippen molar-refractivity contribution in [3.05, 3.63) is 64.7 Å². The minimum absolute atomic E-state index is 0.108. The van der Waals surface area contributed by atoms with E-state index >= 15 is 0 Å². The van der Waals surface area contributed by atoms with Gasteiger partial charge in [-0.2, -0.15) is 0 Å². The SMILES string of the molecule is COSc1cccc2c1C(=O)c1ccccc1C2=O. The Morgan fingerprint density at radius 2 is 1.47 bits per heavy atom. The summed E-state index contributed by atoms with van der Waals surface area (Å²) in [6.45, 7) is 0. The zero-order valence-electron chi connectivity index (χ0n) is 10.2. The molecule has 0 aliphatic heterocycles. The van der Waals surface area contributed by atoms with E-state index in [1.165, 1.54) is 7.11 Å². The fourth-order valence-corrected chi connectivity index (χ4v) is 2.87. The van der Waals surface area contributed by atoms with Gasteiger partial charge in [0, 0.05) is 39.2 Å². The molecular formula is C15H10O3S. The first-order valence-electron chi connectivity index (χ1n) is 5.76. The van der Waals surface area contributed by atoms with Gasteiger partial charge in [-0.1, -0.05) is 36.4 Å². The molecule has 0 saturated carbocycles. The zero-order valence-corrected chi connectivity index (χ0v) is 11.0. The molecule has 0 saturated heterocycles. The molecule has 0 bridgehead atoms. The first-order chi connectivity index (χ1) is 9.24. The smallest absolute Gasteiger partial charge is 0.195 e. The van der Waals surface area contributed by atoms with Crippen molar-refractivity contribution in [1.82, 2.24) is 0 Å². The third kappa shape index (κ3) is 1.80. The maximum atomic E-state index is 12.5. The van der Waals surface area contributed by atoms with Crippen molar-refractivity contribution in [1.29, 1.82) is 0 Å². The van der Waals surface area contributed by atoms with Crippen molar-refractivity contribution in [3.8, 4) is 0 Å². The van der Waals surface area contributed by atoms with E-state index in [2.05, 4.69) is 0 Å². The summed E-state index contributed by atoms with van der Waals surface area (Å²) >= 11 is 1.10. The van der Waals surface area contributed by atoms with Crippen molar-refractivity contribution < 1.29 is 13.8 Å². The molecule has 0 fully saturated rings. The Morgan fingerprint density at radius 1 is 0.842 bits per heavy atom. The van der Waals surface area contributed by atoms with Crippen LogP contribution in [0.5, 0.6) is 0 Å². The lowest BCUT2D eigenvalue weighted by Gasteiger charge is -2.19.